The van der Waals surface area contributed by atoms with Crippen LogP contribution in [-0.4, -0.2) is 43.5 Å². The van der Waals surface area contributed by atoms with Crippen LogP contribution < -0.4 is 14.9 Å². The second kappa shape index (κ2) is 7.18. The molecule has 0 saturated heterocycles. The number of H-pyrrole nitrogens is 1. The molecule has 0 spiro atoms. The molecule has 2 heterocycles. The summed E-state index contributed by atoms with van der Waals surface area (Å²) >= 11 is 0. The molecule has 1 aliphatic heterocycles. The van der Waals surface area contributed by atoms with Crippen LogP contribution in [0.4, 0.5) is 17.1 Å². The predicted octanol–water partition coefficient (Wildman–Crippen LogP) is 1.86. The first-order valence-corrected chi connectivity index (χ1v) is 7.92. The zero-order valence-electron chi connectivity index (χ0n) is 14.3. The summed E-state index contributed by atoms with van der Waals surface area (Å²) in [6.07, 6.45) is 1.22. The molecule has 14 nitrogen and oxygen atoms in total. The Morgan fingerprint density at radius 2 is 1.93 bits per heavy atom. The Labute approximate surface area is 160 Å². The number of fused-ring (bicyclic) bond motifs is 1. The number of benzene rings is 2. The average molecular weight is 398 g/mol. The summed E-state index contributed by atoms with van der Waals surface area (Å²) in [6, 6.07) is 6.62. The molecule has 1 aliphatic rings. The molecule has 0 atom stereocenters. The highest BCUT2D eigenvalue weighted by Gasteiger charge is 2.22. The van der Waals surface area contributed by atoms with Crippen molar-refractivity contribution in [2.45, 2.75) is 0 Å². The Kier molecular flexibility index (Phi) is 4.40. The Hall–Kier alpha value is -4.62. The SMILES string of the molecule is O=[N+]([O-])c1ccc(N/N=C\c2cc3c(cc2[N+](=O)[O-])OCO3)c(-c2nn[nH]n2)c1. The molecule has 2 N–H and O–H groups in total. The van der Waals surface area contributed by atoms with Gasteiger partial charge in [0.05, 0.1) is 38.9 Å². The number of rotatable bonds is 6. The fraction of sp³-hybridized carbons (Fsp3) is 0.0667. The van der Waals surface area contributed by atoms with Gasteiger partial charge in [-0.25, -0.2) is 0 Å². The van der Waals surface area contributed by atoms with Gasteiger partial charge in [-0.2, -0.15) is 10.3 Å². The molecule has 0 fully saturated rings. The molecular formula is C15H10N8O6. The largest absolute Gasteiger partial charge is 0.454 e. The number of nitro benzene ring substituents is 2. The third kappa shape index (κ3) is 3.48. The summed E-state index contributed by atoms with van der Waals surface area (Å²) in [6.45, 7) is -0.0256. The molecule has 14 heteroatoms. The van der Waals surface area contributed by atoms with Crippen molar-refractivity contribution >= 4 is 23.3 Å². The lowest BCUT2D eigenvalue weighted by atomic mass is 10.1. The highest BCUT2D eigenvalue weighted by molar-refractivity contribution is 5.88. The van der Waals surface area contributed by atoms with Crippen molar-refractivity contribution in [1.82, 2.24) is 20.6 Å². The lowest BCUT2D eigenvalue weighted by Crippen LogP contribution is -1.99. The van der Waals surface area contributed by atoms with Gasteiger partial charge in [-0.3, -0.25) is 25.7 Å². The average Bonchev–Trinajstić information content (AvgIpc) is 3.38. The van der Waals surface area contributed by atoms with Crippen LogP contribution in [-0.2, 0) is 0 Å². The summed E-state index contributed by atoms with van der Waals surface area (Å²) in [7, 11) is 0. The van der Waals surface area contributed by atoms with Crippen LogP contribution in [0.1, 0.15) is 5.56 Å². The van der Waals surface area contributed by atoms with Crippen molar-refractivity contribution in [3.05, 3.63) is 56.1 Å². The Morgan fingerprint density at radius 3 is 2.62 bits per heavy atom. The van der Waals surface area contributed by atoms with Gasteiger partial charge in [-0.1, -0.05) is 0 Å². The summed E-state index contributed by atoms with van der Waals surface area (Å²) in [5.41, 5.74) is 3.06. The highest BCUT2D eigenvalue weighted by atomic mass is 16.7. The van der Waals surface area contributed by atoms with E-state index in [1.807, 2.05) is 0 Å². The Balaban J connectivity index is 1.65. The summed E-state index contributed by atoms with van der Waals surface area (Å²) in [5, 5.41) is 39.6. The molecule has 29 heavy (non-hydrogen) atoms. The fourth-order valence-corrected chi connectivity index (χ4v) is 2.58. The monoisotopic (exact) mass is 398 g/mol. The first-order valence-electron chi connectivity index (χ1n) is 7.92. The van der Waals surface area contributed by atoms with E-state index in [0.29, 0.717) is 11.4 Å². The van der Waals surface area contributed by atoms with E-state index >= 15 is 0 Å². The normalized spacial score (nSPS) is 12.3. The number of nitrogens with zero attached hydrogens (tertiary/aromatic N) is 6. The van der Waals surface area contributed by atoms with E-state index in [-0.39, 0.29) is 40.9 Å². The minimum Gasteiger partial charge on any atom is -0.454 e. The number of anilines is 1. The standard InChI is InChI=1S/C15H10N8O6/c24-22(25)9-1-2-11(10(4-9)15-18-20-21-19-15)17-16-6-8-3-13-14(29-7-28-13)5-12(8)23(26)27/h1-6,17H,7H2,(H,18,19,20,21)/b16-6-. The molecule has 0 radical (unpaired) electrons. The van der Waals surface area contributed by atoms with Crippen molar-refractivity contribution < 1.29 is 19.3 Å². The number of nitrogens with one attached hydrogen (secondary N) is 2. The number of non-ortho nitro benzene ring substituents is 1. The van der Waals surface area contributed by atoms with E-state index in [4.69, 9.17) is 9.47 Å². The molecule has 0 aliphatic carbocycles. The lowest BCUT2D eigenvalue weighted by Gasteiger charge is -2.06. The minimum atomic E-state index is -0.570. The number of hydrazone groups is 1. The van der Waals surface area contributed by atoms with Gasteiger partial charge in [0.15, 0.2) is 11.5 Å². The summed E-state index contributed by atoms with van der Waals surface area (Å²) in [5.74, 6) is 0.747. The third-order valence-corrected chi connectivity index (χ3v) is 3.91. The van der Waals surface area contributed by atoms with Gasteiger partial charge >= 0.3 is 0 Å². The van der Waals surface area contributed by atoms with E-state index in [0.717, 1.165) is 0 Å². The number of tetrazole rings is 1. The van der Waals surface area contributed by atoms with Crippen molar-refractivity contribution in [2.75, 3.05) is 12.2 Å². The van der Waals surface area contributed by atoms with Crippen molar-refractivity contribution in [1.29, 1.82) is 0 Å². The van der Waals surface area contributed by atoms with Crippen LogP contribution in [0.2, 0.25) is 0 Å². The van der Waals surface area contributed by atoms with Crippen LogP contribution in [0, 0.1) is 20.2 Å². The second-order valence-electron chi connectivity index (χ2n) is 5.61. The molecule has 146 valence electrons. The van der Waals surface area contributed by atoms with Gasteiger partial charge in [-0.15, -0.1) is 10.2 Å². The maximum Gasteiger partial charge on any atom is 0.282 e. The highest BCUT2D eigenvalue weighted by Crippen LogP contribution is 2.37. The summed E-state index contributed by atoms with van der Waals surface area (Å²) in [4.78, 5) is 21.2. The van der Waals surface area contributed by atoms with Crippen molar-refractivity contribution in [3.8, 4) is 22.9 Å². The minimum absolute atomic E-state index is 0.0256. The lowest BCUT2D eigenvalue weighted by molar-refractivity contribution is -0.385. The number of aromatic nitrogens is 4. The molecule has 1 aromatic heterocycles. The Bertz CT molecular complexity index is 1130. The van der Waals surface area contributed by atoms with Crippen molar-refractivity contribution in [3.63, 3.8) is 0 Å². The number of hydrogen-bond donors (Lipinski definition) is 2. The van der Waals surface area contributed by atoms with Gasteiger partial charge in [0.25, 0.3) is 11.4 Å². The zero-order valence-corrected chi connectivity index (χ0v) is 14.3. The van der Waals surface area contributed by atoms with Gasteiger partial charge < -0.3 is 9.47 Å². The number of aromatic amines is 1. The molecule has 3 aromatic rings. The van der Waals surface area contributed by atoms with E-state index in [1.165, 1.54) is 36.5 Å². The third-order valence-electron chi connectivity index (χ3n) is 3.91. The van der Waals surface area contributed by atoms with E-state index in [1.54, 1.807) is 0 Å². The van der Waals surface area contributed by atoms with Crippen LogP contribution in [0.5, 0.6) is 11.5 Å². The second-order valence-corrected chi connectivity index (χ2v) is 5.61. The smallest absolute Gasteiger partial charge is 0.282 e. The topological polar surface area (TPSA) is 184 Å². The first-order chi connectivity index (χ1) is 14.0. The van der Waals surface area contributed by atoms with E-state index in [9.17, 15) is 20.2 Å². The van der Waals surface area contributed by atoms with Gasteiger partial charge in [-0.05, 0) is 17.3 Å². The molecule has 4 rings (SSSR count). The predicted molar refractivity (Wildman–Crippen MR) is 96.7 cm³/mol. The molecule has 0 unspecified atom stereocenters. The number of ether oxygens (including phenoxy) is 2. The maximum absolute atomic E-state index is 11.3. The number of hydrogen-bond acceptors (Lipinski definition) is 11. The van der Waals surface area contributed by atoms with Crippen LogP contribution in [0.15, 0.2) is 35.4 Å². The van der Waals surface area contributed by atoms with Crippen LogP contribution in [0.3, 0.4) is 0 Å². The van der Waals surface area contributed by atoms with Gasteiger partial charge in [0, 0.05) is 12.1 Å². The molecule has 0 amide bonds. The van der Waals surface area contributed by atoms with Gasteiger partial charge in [0.1, 0.15) is 0 Å². The van der Waals surface area contributed by atoms with Crippen molar-refractivity contribution in [2.24, 2.45) is 5.10 Å². The van der Waals surface area contributed by atoms with Gasteiger partial charge in [0.2, 0.25) is 12.6 Å². The summed E-state index contributed by atoms with van der Waals surface area (Å²) < 4.78 is 10.4. The molecule has 0 saturated carbocycles. The maximum atomic E-state index is 11.3. The fourth-order valence-electron chi connectivity index (χ4n) is 2.58. The Morgan fingerprint density at radius 1 is 1.14 bits per heavy atom. The van der Waals surface area contributed by atoms with E-state index in [2.05, 4.69) is 31.2 Å². The first kappa shape index (κ1) is 17.8. The molecule has 2 aromatic carbocycles. The molecule has 0 bridgehead atoms. The quantitative estimate of drug-likeness (QED) is 0.353. The molecular weight excluding hydrogens is 388 g/mol. The van der Waals surface area contributed by atoms with E-state index < -0.39 is 9.85 Å². The van der Waals surface area contributed by atoms with Crippen LogP contribution in [0.25, 0.3) is 11.4 Å². The number of nitro groups is 2. The van der Waals surface area contributed by atoms with Crippen LogP contribution >= 0.6 is 0 Å². The zero-order chi connectivity index (χ0) is 20.4.